The molecule has 0 aromatic rings. The second kappa shape index (κ2) is 10.7. The van der Waals surface area contributed by atoms with E-state index in [0.717, 1.165) is 45.4 Å². The number of nitrogens with zero attached hydrogens (tertiary/aromatic N) is 3. The number of urea groups is 1. The highest BCUT2D eigenvalue weighted by molar-refractivity contribution is 5.76. The third-order valence-corrected chi connectivity index (χ3v) is 5.32. The smallest absolute Gasteiger partial charge is 0.317 e. The van der Waals surface area contributed by atoms with Crippen molar-refractivity contribution in [1.82, 2.24) is 25.8 Å². The SMILES string of the molecule is CCCCN1C=C(CCCCN2C[C@H](C(C)C)NC2=O)N(CCCC)N1. The lowest BCUT2D eigenvalue weighted by Crippen LogP contribution is -2.41. The number of carbonyl (C=O) groups excluding carboxylic acids is 1. The van der Waals surface area contributed by atoms with Gasteiger partial charge in [0, 0.05) is 38.1 Å². The lowest BCUT2D eigenvalue weighted by atomic mass is 10.1. The van der Waals surface area contributed by atoms with Crippen LogP contribution in [-0.4, -0.2) is 53.2 Å². The molecule has 1 saturated heterocycles. The van der Waals surface area contributed by atoms with Gasteiger partial charge in [0.25, 0.3) is 0 Å². The van der Waals surface area contributed by atoms with Crippen LogP contribution in [0.2, 0.25) is 0 Å². The number of allylic oxidation sites excluding steroid dienone is 1. The Balaban J connectivity index is 1.74. The molecule has 0 saturated carbocycles. The number of hydrogen-bond acceptors (Lipinski definition) is 4. The van der Waals surface area contributed by atoms with Gasteiger partial charge in [-0.3, -0.25) is 10.0 Å². The molecule has 0 aromatic heterocycles. The molecule has 2 amide bonds. The average Bonchev–Trinajstić information content (AvgIpc) is 3.18. The minimum atomic E-state index is 0.112. The zero-order valence-corrected chi connectivity index (χ0v) is 17.3. The number of amides is 2. The van der Waals surface area contributed by atoms with E-state index in [4.69, 9.17) is 0 Å². The molecular formula is C20H39N5O. The van der Waals surface area contributed by atoms with E-state index in [1.165, 1.54) is 31.4 Å². The summed E-state index contributed by atoms with van der Waals surface area (Å²) in [6, 6.07) is 0.418. The normalized spacial score (nSPS) is 20.3. The van der Waals surface area contributed by atoms with Gasteiger partial charge in [-0.15, -0.1) is 5.53 Å². The highest BCUT2D eigenvalue weighted by Crippen LogP contribution is 2.20. The van der Waals surface area contributed by atoms with Crippen LogP contribution in [0.15, 0.2) is 11.9 Å². The Labute approximate surface area is 159 Å². The Morgan fingerprint density at radius 3 is 2.46 bits per heavy atom. The van der Waals surface area contributed by atoms with E-state index in [2.05, 4.69) is 54.8 Å². The van der Waals surface area contributed by atoms with Gasteiger partial charge >= 0.3 is 6.03 Å². The third-order valence-electron chi connectivity index (χ3n) is 5.32. The molecule has 1 atom stereocenters. The standard InChI is InChI=1S/C20H39N5O/c1-5-7-13-24-15-18(25(22-24)14-8-6-2)11-9-10-12-23-16-19(17(3)4)21-20(23)26/h15,17,19,22H,5-14,16H2,1-4H3,(H,21,26)/t19-/m1/s1. The van der Waals surface area contributed by atoms with Gasteiger partial charge in [-0.25, -0.2) is 4.79 Å². The minimum absolute atomic E-state index is 0.112. The maximum atomic E-state index is 12.0. The van der Waals surface area contributed by atoms with Crippen LogP contribution in [0.4, 0.5) is 4.79 Å². The Morgan fingerprint density at radius 2 is 1.81 bits per heavy atom. The lowest BCUT2D eigenvalue weighted by Gasteiger charge is -2.25. The van der Waals surface area contributed by atoms with Crippen LogP contribution in [0.1, 0.15) is 72.6 Å². The molecule has 0 aliphatic carbocycles. The van der Waals surface area contributed by atoms with Crippen LogP contribution in [0, 0.1) is 5.92 Å². The van der Waals surface area contributed by atoms with Gasteiger partial charge < -0.3 is 10.2 Å². The maximum absolute atomic E-state index is 12.0. The summed E-state index contributed by atoms with van der Waals surface area (Å²) in [7, 11) is 0. The minimum Gasteiger partial charge on any atom is -0.333 e. The van der Waals surface area contributed by atoms with Crippen molar-refractivity contribution in [2.45, 2.75) is 78.7 Å². The van der Waals surface area contributed by atoms with Gasteiger partial charge in [0.2, 0.25) is 0 Å². The monoisotopic (exact) mass is 365 g/mol. The number of carbonyl (C=O) groups is 1. The van der Waals surface area contributed by atoms with Crippen molar-refractivity contribution in [2.75, 3.05) is 26.2 Å². The number of rotatable bonds is 12. The second-order valence-electron chi connectivity index (χ2n) is 7.98. The Morgan fingerprint density at radius 1 is 1.08 bits per heavy atom. The van der Waals surface area contributed by atoms with Crippen LogP contribution >= 0.6 is 0 Å². The van der Waals surface area contributed by atoms with Crippen molar-refractivity contribution < 1.29 is 4.79 Å². The van der Waals surface area contributed by atoms with Gasteiger partial charge in [0.05, 0.1) is 6.04 Å². The first-order chi connectivity index (χ1) is 12.5. The van der Waals surface area contributed by atoms with Crippen molar-refractivity contribution in [3.63, 3.8) is 0 Å². The molecule has 2 rings (SSSR count). The Hall–Kier alpha value is -1.43. The quantitative estimate of drug-likeness (QED) is 0.518. The number of unbranched alkanes of at least 4 members (excludes halogenated alkanes) is 3. The van der Waals surface area contributed by atoms with E-state index in [0.29, 0.717) is 12.0 Å². The van der Waals surface area contributed by atoms with Crippen molar-refractivity contribution >= 4 is 6.03 Å². The first-order valence-corrected chi connectivity index (χ1v) is 10.6. The molecular weight excluding hydrogens is 326 g/mol. The van der Waals surface area contributed by atoms with Crippen LogP contribution in [-0.2, 0) is 0 Å². The van der Waals surface area contributed by atoms with Gasteiger partial charge in [0.1, 0.15) is 0 Å². The molecule has 0 radical (unpaired) electrons. The summed E-state index contributed by atoms with van der Waals surface area (Å²) in [6.45, 7) is 12.7. The molecule has 0 aromatic carbocycles. The topological polar surface area (TPSA) is 50.9 Å². The first-order valence-electron chi connectivity index (χ1n) is 10.6. The van der Waals surface area contributed by atoms with Crippen molar-refractivity contribution in [3.8, 4) is 0 Å². The zero-order valence-electron chi connectivity index (χ0n) is 17.3. The number of hydrazine groups is 2. The molecule has 0 bridgehead atoms. The largest absolute Gasteiger partial charge is 0.333 e. The third kappa shape index (κ3) is 6.08. The summed E-state index contributed by atoms with van der Waals surface area (Å²) < 4.78 is 0. The zero-order chi connectivity index (χ0) is 18.9. The molecule has 2 aliphatic heterocycles. The average molecular weight is 366 g/mol. The second-order valence-corrected chi connectivity index (χ2v) is 7.98. The van der Waals surface area contributed by atoms with Crippen molar-refractivity contribution in [1.29, 1.82) is 0 Å². The predicted octanol–water partition coefficient (Wildman–Crippen LogP) is 3.69. The van der Waals surface area contributed by atoms with Crippen molar-refractivity contribution in [3.05, 3.63) is 11.9 Å². The number of nitrogens with one attached hydrogen (secondary N) is 2. The molecule has 2 aliphatic rings. The van der Waals surface area contributed by atoms with Crippen LogP contribution in [0.5, 0.6) is 0 Å². The summed E-state index contributed by atoms with van der Waals surface area (Å²) in [5, 5.41) is 7.64. The molecule has 1 fully saturated rings. The Bertz CT molecular complexity index is 465. The van der Waals surface area contributed by atoms with Gasteiger partial charge in [0.15, 0.2) is 0 Å². The Kier molecular flexibility index (Phi) is 8.55. The van der Waals surface area contributed by atoms with Gasteiger partial charge in [-0.2, -0.15) is 0 Å². The summed E-state index contributed by atoms with van der Waals surface area (Å²) in [5.74, 6) is 0.500. The molecule has 0 unspecified atom stereocenters. The van der Waals surface area contributed by atoms with E-state index < -0.39 is 0 Å². The van der Waals surface area contributed by atoms with E-state index in [1.54, 1.807) is 0 Å². The van der Waals surface area contributed by atoms with Crippen LogP contribution in [0.25, 0.3) is 0 Å². The van der Waals surface area contributed by atoms with Gasteiger partial charge in [-0.1, -0.05) is 40.5 Å². The van der Waals surface area contributed by atoms with Crippen LogP contribution < -0.4 is 10.9 Å². The fraction of sp³-hybridized carbons (Fsp3) is 0.850. The molecule has 2 heterocycles. The van der Waals surface area contributed by atoms with E-state index in [9.17, 15) is 4.79 Å². The molecule has 26 heavy (non-hydrogen) atoms. The van der Waals surface area contributed by atoms with E-state index in [1.807, 2.05) is 4.90 Å². The highest BCUT2D eigenvalue weighted by Gasteiger charge is 2.29. The summed E-state index contributed by atoms with van der Waals surface area (Å²) in [6.07, 6.45) is 10.4. The summed E-state index contributed by atoms with van der Waals surface area (Å²) in [5.41, 5.74) is 4.91. The first kappa shape index (κ1) is 20.9. The van der Waals surface area contributed by atoms with E-state index >= 15 is 0 Å². The maximum Gasteiger partial charge on any atom is 0.317 e. The molecule has 2 N–H and O–H groups in total. The molecule has 0 spiro atoms. The summed E-state index contributed by atoms with van der Waals surface area (Å²) in [4.78, 5) is 14.0. The molecule has 150 valence electrons. The van der Waals surface area contributed by atoms with Crippen LogP contribution in [0.3, 0.4) is 0 Å². The predicted molar refractivity (Wildman–Crippen MR) is 107 cm³/mol. The summed E-state index contributed by atoms with van der Waals surface area (Å²) >= 11 is 0. The molecule has 6 nitrogen and oxygen atoms in total. The van der Waals surface area contributed by atoms with Gasteiger partial charge in [-0.05, 0) is 38.0 Å². The van der Waals surface area contributed by atoms with Crippen molar-refractivity contribution in [2.24, 2.45) is 5.92 Å². The fourth-order valence-corrected chi connectivity index (χ4v) is 3.45. The fourth-order valence-electron chi connectivity index (χ4n) is 3.45. The highest BCUT2D eigenvalue weighted by atomic mass is 16.2. The number of hydrogen-bond donors (Lipinski definition) is 2. The van der Waals surface area contributed by atoms with E-state index in [-0.39, 0.29) is 6.03 Å². The lowest BCUT2D eigenvalue weighted by molar-refractivity contribution is 0.123. The molecule has 6 heteroatoms.